The maximum Gasteiger partial charge on any atom is 0.263 e. The Kier molecular flexibility index (Phi) is 4.97. The topological polar surface area (TPSA) is 83.1 Å². The fraction of sp³-hybridized carbons (Fsp3) is 0.450. The van der Waals surface area contributed by atoms with Gasteiger partial charge in [-0.25, -0.2) is 4.98 Å². The van der Waals surface area contributed by atoms with Crippen molar-refractivity contribution in [2.24, 2.45) is 0 Å². The molecule has 6 nitrogen and oxygen atoms in total. The molecule has 0 aliphatic carbocycles. The highest BCUT2D eigenvalue weighted by molar-refractivity contribution is 7.13. The van der Waals surface area contributed by atoms with Crippen molar-refractivity contribution in [1.82, 2.24) is 15.6 Å². The van der Waals surface area contributed by atoms with Crippen LogP contribution in [0.4, 0.5) is 5.69 Å². The molecule has 142 valence electrons. The van der Waals surface area contributed by atoms with Gasteiger partial charge >= 0.3 is 0 Å². The number of rotatable bonds is 4. The summed E-state index contributed by atoms with van der Waals surface area (Å²) < 4.78 is 0. The molecule has 4 rings (SSSR count). The third-order valence-corrected chi connectivity index (χ3v) is 6.59. The molecule has 3 N–H and O–H groups in total. The van der Waals surface area contributed by atoms with E-state index >= 15 is 0 Å². The smallest absolute Gasteiger partial charge is 0.263 e. The predicted molar refractivity (Wildman–Crippen MR) is 106 cm³/mol. The molecule has 0 saturated carbocycles. The minimum absolute atomic E-state index is 0.0175. The van der Waals surface area contributed by atoms with Crippen LogP contribution >= 0.6 is 11.3 Å². The van der Waals surface area contributed by atoms with Crippen LogP contribution in [0.3, 0.4) is 0 Å². The minimum Gasteiger partial charge on any atom is -0.345 e. The summed E-state index contributed by atoms with van der Waals surface area (Å²) in [4.78, 5) is 29.7. The van der Waals surface area contributed by atoms with E-state index in [0.717, 1.165) is 53.4 Å². The lowest BCUT2D eigenvalue weighted by atomic mass is 10.0. The number of hydrogen-bond donors (Lipinski definition) is 3. The first-order valence-corrected chi connectivity index (χ1v) is 10.2. The monoisotopic (exact) mass is 384 g/mol. The Labute approximate surface area is 162 Å². The van der Waals surface area contributed by atoms with Gasteiger partial charge < -0.3 is 16.0 Å². The van der Waals surface area contributed by atoms with Gasteiger partial charge in [0, 0.05) is 18.2 Å². The number of hydrogen-bond acceptors (Lipinski definition) is 5. The van der Waals surface area contributed by atoms with Crippen LogP contribution in [0.5, 0.6) is 0 Å². The molecule has 2 amide bonds. The van der Waals surface area contributed by atoms with Crippen molar-refractivity contribution in [3.8, 4) is 0 Å². The molecule has 2 unspecified atom stereocenters. The number of aryl methyl sites for hydroxylation is 1. The van der Waals surface area contributed by atoms with E-state index in [1.54, 1.807) is 0 Å². The normalized spacial score (nSPS) is 20.1. The van der Waals surface area contributed by atoms with Crippen LogP contribution in [0.25, 0.3) is 0 Å². The second-order valence-corrected chi connectivity index (χ2v) is 8.38. The molecule has 2 aromatic rings. The maximum atomic E-state index is 12.8. The molecular formula is C20H24N4O2S. The molecule has 7 heteroatoms. The van der Waals surface area contributed by atoms with Crippen molar-refractivity contribution in [3.63, 3.8) is 0 Å². The SMILES string of the molecule is Cc1nc(C2CCCNC2)sc1C(=O)NC(C)c1ccc2c(c1)CC(=O)N2. The predicted octanol–water partition coefficient (Wildman–Crippen LogP) is 2.90. The number of aromatic nitrogens is 1. The summed E-state index contributed by atoms with van der Waals surface area (Å²) in [5, 5.41) is 10.4. The van der Waals surface area contributed by atoms with E-state index in [1.807, 2.05) is 32.0 Å². The van der Waals surface area contributed by atoms with Crippen LogP contribution < -0.4 is 16.0 Å². The summed E-state index contributed by atoms with van der Waals surface area (Å²) >= 11 is 1.51. The van der Waals surface area contributed by atoms with Gasteiger partial charge in [-0.3, -0.25) is 9.59 Å². The number of nitrogens with one attached hydrogen (secondary N) is 3. The first kappa shape index (κ1) is 18.1. The average molecular weight is 385 g/mol. The molecule has 2 atom stereocenters. The van der Waals surface area contributed by atoms with E-state index in [2.05, 4.69) is 20.9 Å². The quantitative estimate of drug-likeness (QED) is 0.757. The zero-order valence-corrected chi connectivity index (χ0v) is 16.4. The van der Waals surface area contributed by atoms with Crippen molar-refractivity contribution in [3.05, 3.63) is 44.9 Å². The van der Waals surface area contributed by atoms with Gasteiger partial charge in [-0.05, 0) is 50.4 Å². The summed E-state index contributed by atoms with van der Waals surface area (Å²) in [5.74, 6) is 0.342. The van der Waals surface area contributed by atoms with E-state index in [0.29, 0.717) is 17.2 Å². The Morgan fingerprint density at radius 3 is 3.04 bits per heavy atom. The van der Waals surface area contributed by atoms with E-state index in [4.69, 9.17) is 0 Å². The Morgan fingerprint density at radius 1 is 1.41 bits per heavy atom. The maximum absolute atomic E-state index is 12.8. The number of benzene rings is 1. The molecule has 0 radical (unpaired) electrons. The van der Waals surface area contributed by atoms with Crippen molar-refractivity contribution >= 4 is 28.8 Å². The fourth-order valence-corrected chi connectivity index (χ4v) is 4.83. The zero-order valence-electron chi connectivity index (χ0n) is 15.6. The molecule has 0 spiro atoms. The van der Waals surface area contributed by atoms with Crippen molar-refractivity contribution in [2.75, 3.05) is 18.4 Å². The summed E-state index contributed by atoms with van der Waals surface area (Å²) in [6.45, 7) is 5.87. The molecule has 1 fully saturated rings. The summed E-state index contributed by atoms with van der Waals surface area (Å²) in [6.07, 6.45) is 2.67. The Morgan fingerprint density at radius 2 is 2.26 bits per heavy atom. The van der Waals surface area contributed by atoms with E-state index in [1.165, 1.54) is 11.3 Å². The number of piperidine rings is 1. The van der Waals surface area contributed by atoms with Crippen LogP contribution in [0, 0.1) is 6.92 Å². The molecule has 1 aromatic carbocycles. The van der Waals surface area contributed by atoms with E-state index < -0.39 is 0 Å². The molecule has 1 aromatic heterocycles. The minimum atomic E-state index is -0.139. The number of amides is 2. The Balaban J connectivity index is 1.46. The van der Waals surface area contributed by atoms with Crippen LogP contribution in [0.15, 0.2) is 18.2 Å². The molecule has 2 aliphatic heterocycles. The summed E-state index contributed by atoms with van der Waals surface area (Å²) in [7, 11) is 0. The zero-order chi connectivity index (χ0) is 19.0. The lowest BCUT2D eigenvalue weighted by Gasteiger charge is -2.20. The van der Waals surface area contributed by atoms with Gasteiger partial charge in [-0.15, -0.1) is 11.3 Å². The highest BCUT2D eigenvalue weighted by atomic mass is 32.1. The first-order chi connectivity index (χ1) is 13.0. The molecule has 27 heavy (non-hydrogen) atoms. The second kappa shape index (κ2) is 7.40. The second-order valence-electron chi connectivity index (χ2n) is 7.35. The van der Waals surface area contributed by atoms with Crippen LogP contribution in [0.2, 0.25) is 0 Å². The number of nitrogens with zero attached hydrogens (tertiary/aromatic N) is 1. The Hall–Kier alpha value is -2.25. The van der Waals surface area contributed by atoms with Gasteiger partial charge in [0.05, 0.1) is 23.2 Å². The average Bonchev–Trinajstić information content (AvgIpc) is 3.23. The van der Waals surface area contributed by atoms with Crippen molar-refractivity contribution in [2.45, 2.75) is 45.1 Å². The number of carbonyl (C=O) groups excluding carboxylic acids is 2. The molecule has 1 saturated heterocycles. The van der Waals surface area contributed by atoms with Gasteiger partial charge in [0.1, 0.15) is 4.88 Å². The standard InChI is InChI=1S/C20H24N4O2S/c1-11(13-5-6-16-15(8-13)9-17(25)24-16)22-19(26)18-12(2)23-20(27-18)14-4-3-7-21-10-14/h5-6,8,11,14,21H,3-4,7,9-10H2,1-2H3,(H,22,26)(H,24,25). The Bertz CT molecular complexity index is 886. The summed E-state index contributed by atoms with van der Waals surface area (Å²) in [5.41, 5.74) is 3.65. The molecular weight excluding hydrogens is 360 g/mol. The number of thiazole rings is 1. The van der Waals surface area contributed by atoms with Gasteiger partial charge in [-0.2, -0.15) is 0 Å². The lowest BCUT2D eigenvalue weighted by Crippen LogP contribution is -2.28. The largest absolute Gasteiger partial charge is 0.345 e. The van der Waals surface area contributed by atoms with Crippen molar-refractivity contribution in [1.29, 1.82) is 0 Å². The third kappa shape index (κ3) is 3.75. The molecule has 3 heterocycles. The van der Waals surface area contributed by atoms with Gasteiger partial charge in [0.2, 0.25) is 5.91 Å². The summed E-state index contributed by atoms with van der Waals surface area (Å²) in [6, 6.07) is 5.72. The number of fused-ring (bicyclic) bond motifs is 1. The highest BCUT2D eigenvalue weighted by Gasteiger charge is 2.24. The fourth-order valence-electron chi connectivity index (χ4n) is 3.73. The van der Waals surface area contributed by atoms with Gasteiger partial charge in [0.25, 0.3) is 5.91 Å². The van der Waals surface area contributed by atoms with E-state index in [9.17, 15) is 9.59 Å². The van der Waals surface area contributed by atoms with E-state index in [-0.39, 0.29) is 17.9 Å². The van der Waals surface area contributed by atoms with Crippen LogP contribution in [-0.4, -0.2) is 29.9 Å². The van der Waals surface area contributed by atoms with Gasteiger partial charge in [0.15, 0.2) is 0 Å². The first-order valence-electron chi connectivity index (χ1n) is 9.43. The molecule has 2 aliphatic rings. The number of anilines is 1. The number of carbonyl (C=O) groups is 2. The highest BCUT2D eigenvalue weighted by Crippen LogP contribution is 2.30. The lowest BCUT2D eigenvalue weighted by molar-refractivity contribution is -0.115. The van der Waals surface area contributed by atoms with Crippen LogP contribution in [-0.2, 0) is 11.2 Å². The third-order valence-electron chi connectivity index (χ3n) is 5.27. The van der Waals surface area contributed by atoms with Gasteiger partial charge in [-0.1, -0.05) is 12.1 Å². The van der Waals surface area contributed by atoms with Crippen molar-refractivity contribution < 1.29 is 9.59 Å². The van der Waals surface area contributed by atoms with Crippen LogP contribution in [0.1, 0.15) is 63.2 Å². The molecule has 0 bridgehead atoms.